The number of aromatic carboxylic acids is 1. The van der Waals surface area contributed by atoms with Crippen LogP contribution in [0.2, 0.25) is 0 Å². The van der Waals surface area contributed by atoms with E-state index in [-0.39, 0.29) is 5.24 Å². The van der Waals surface area contributed by atoms with Crippen molar-refractivity contribution in [3.8, 4) is 11.8 Å². The van der Waals surface area contributed by atoms with E-state index < -0.39 is 12.1 Å². The second kappa shape index (κ2) is 12.9. The number of aliphatic hydroxyl groups excluding tert-OH is 1. The van der Waals surface area contributed by atoms with Gasteiger partial charge in [0.05, 0.1) is 12.7 Å². The first-order valence-electron chi connectivity index (χ1n) is 11.7. The first kappa shape index (κ1) is 26.9. The molecular weight excluding hydrogens is 527 g/mol. The second-order valence-electron chi connectivity index (χ2n) is 8.36. The Labute approximate surface area is 228 Å². The number of thioether (sulfide) groups is 1. The maximum Gasteiger partial charge on any atom is 0.345 e. The van der Waals surface area contributed by atoms with E-state index in [1.54, 1.807) is 17.1 Å². The number of carboxylic acid groups (broad SMARTS) is 1. The molecule has 1 aliphatic rings. The molecule has 1 saturated heterocycles. The van der Waals surface area contributed by atoms with Crippen molar-refractivity contribution in [1.82, 2.24) is 10.0 Å². The molecule has 0 saturated carbocycles. The molecule has 0 radical (unpaired) electrons. The Balaban J connectivity index is 1.31. The highest BCUT2D eigenvalue weighted by Gasteiger charge is 2.27. The summed E-state index contributed by atoms with van der Waals surface area (Å²) in [6.45, 7) is 8.95. The van der Waals surface area contributed by atoms with Crippen LogP contribution in [0.4, 0.5) is 9.80 Å². The highest BCUT2D eigenvalue weighted by molar-refractivity contribution is 8.13. The standard InChI is InChI=1S/C27H25N3O4S3/c1-28-25-21(11-15-35-25)6-5-19-3-2-4-20(17-19)18-22(31)9-12-29-14-16-36-27(34)30(29)13-10-23-7-8-24(37-23)26(32)33/h2-4,7-8,11,15,17,22,31H,9-10,12-14,16,18H2,(H,32,33). The van der Waals surface area contributed by atoms with Gasteiger partial charge in [0.1, 0.15) is 4.88 Å². The van der Waals surface area contributed by atoms with Crippen molar-refractivity contribution >= 4 is 50.6 Å². The molecule has 1 atom stereocenters. The maximum absolute atomic E-state index is 12.6. The summed E-state index contributed by atoms with van der Waals surface area (Å²) in [4.78, 5) is 28.4. The van der Waals surface area contributed by atoms with Crippen molar-refractivity contribution in [2.24, 2.45) is 0 Å². The zero-order chi connectivity index (χ0) is 26.2. The number of thiophene rings is 2. The summed E-state index contributed by atoms with van der Waals surface area (Å²) in [5.74, 6) is 5.93. The van der Waals surface area contributed by atoms with Crippen LogP contribution >= 0.6 is 34.4 Å². The Kier molecular flexibility index (Phi) is 9.40. The van der Waals surface area contributed by atoms with E-state index >= 15 is 0 Å². The monoisotopic (exact) mass is 551 g/mol. The van der Waals surface area contributed by atoms with Gasteiger partial charge in [0.2, 0.25) is 0 Å². The summed E-state index contributed by atoms with van der Waals surface area (Å²) in [6, 6.07) is 13.0. The topological polar surface area (TPSA) is 85.4 Å². The minimum atomic E-state index is -0.939. The fourth-order valence-electron chi connectivity index (χ4n) is 3.93. The lowest BCUT2D eigenvalue weighted by Gasteiger charge is -2.38. The van der Waals surface area contributed by atoms with E-state index in [9.17, 15) is 14.7 Å². The lowest BCUT2D eigenvalue weighted by atomic mass is 10.0. The molecule has 3 heterocycles. The molecule has 0 aliphatic carbocycles. The van der Waals surface area contributed by atoms with Gasteiger partial charge in [0.25, 0.3) is 10.2 Å². The molecule has 0 spiro atoms. The van der Waals surface area contributed by atoms with E-state index in [1.807, 2.05) is 40.7 Å². The predicted molar refractivity (Wildman–Crippen MR) is 148 cm³/mol. The van der Waals surface area contributed by atoms with Crippen molar-refractivity contribution in [2.45, 2.75) is 25.4 Å². The van der Waals surface area contributed by atoms with Gasteiger partial charge >= 0.3 is 5.97 Å². The van der Waals surface area contributed by atoms with Gasteiger partial charge < -0.3 is 10.2 Å². The minimum absolute atomic E-state index is 0.0194. The van der Waals surface area contributed by atoms with E-state index in [4.69, 9.17) is 11.7 Å². The number of amides is 1. The minimum Gasteiger partial charge on any atom is -0.477 e. The number of hydrazine groups is 1. The second-order valence-corrected chi connectivity index (χ2v) is 11.5. The third-order valence-corrected chi connectivity index (χ3v) is 8.56. The molecule has 3 aromatic rings. The van der Waals surface area contributed by atoms with Crippen LogP contribution in [0.5, 0.6) is 0 Å². The van der Waals surface area contributed by atoms with Gasteiger partial charge in [-0.2, -0.15) is 11.3 Å². The highest BCUT2D eigenvalue weighted by atomic mass is 32.2. The number of hydrogen-bond acceptors (Lipinski definition) is 7. The maximum atomic E-state index is 12.6. The molecule has 7 nitrogen and oxygen atoms in total. The molecule has 2 N–H and O–H groups in total. The Morgan fingerprint density at radius 3 is 2.84 bits per heavy atom. The van der Waals surface area contributed by atoms with Crippen LogP contribution in [0.15, 0.2) is 47.8 Å². The van der Waals surface area contributed by atoms with Crippen LogP contribution in [-0.4, -0.2) is 62.9 Å². The smallest absolute Gasteiger partial charge is 0.345 e. The number of benzene rings is 1. The number of carbonyl (C=O) groups is 2. The third-order valence-electron chi connectivity index (χ3n) is 5.78. The first-order chi connectivity index (χ1) is 17.9. The molecule has 190 valence electrons. The lowest BCUT2D eigenvalue weighted by molar-refractivity contribution is 0.0148. The van der Waals surface area contributed by atoms with Crippen LogP contribution in [0.3, 0.4) is 0 Å². The Bertz CT molecular complexity index is 1360. The van der Waals surface area contributed by atoms with E-state index in [1.165, 1.54) is 34.4 Å². The largest absolute Gasteiger partial charge is 0.477 e. The first-order valence-corrected chi connectivity index (χ1v) is 14.4. The van der Waals surface area contributed by atoms with Gasteiger partial charge in [-0.3, -0.25) is 9.80 Å². The zero-order valence-electron chi connectivity index (χ0n) is 19.9. The fourth-order valence-corrected chi connectivity index (χ4v) is 6.23. The van der Waals surface area contributed by atoms with Crippen LogP contribution < -0.4 is 0 Å². The fraction of sp³-hybridized carbons (Fsp3) is 0.296. The van der Waals surface area contributed by atoms with E-state index in [2.05, 4.69) is 16.7 Å². The number of rotatable bonds is 9. The normalized spacial score (nSPS) is 14.6. The third kappa shape index (κ3) is 7.45. The molecule has 1 unspecified atom stereocenters. The van der Waals surface area contributed by atoms with Gasteiger partial charge in [0, 0.05) is 47.8 Å². The Morgan fingerprint density at radius 2 is 2.05 bits per heavy atom. The summed E-state index contributed by atoms with van der Waals surface area (Å²) in [6.07, 6.45) is 0.997. The predicted octanol–water partition coefficient (Wildman–Crippen LogP) is 5.38. The van der Waals surface area contributed by atoms with Crippen LogP contribution in [0.1, 0.15) is 37.7 Å². The van der Waals surface area contributed by atoms with Gasteiger partial charge in [-0.1, -0.05) is 35.7 Å². The Hall–Kier alpha value is -3.12. The molecule has 4 rings (SSSR count). The summed E-state index contributed by atoms with van der Waals surface area (Å²) < 4.78 is 0. The molecule has 1 fully saturated rings. The van der Waals surface area contributed by atoms with Gasteiger partial charge in [-0.05, 0) is 54.1 Å². The van der Waals surface area contributed by atoms with Crippen LogP contribution in [0.25, 0.3) is 4.85 Å². The molecule has 37 heavy (non-hydrogen) atoms. The van der Waals surface area contributed by atoms with Crippen molar-refractivity contribution in [3.05, 3.63) is 85.7 Å². The molecule has 2 aromatic heterocycles. The van der Waals surface area contributed by atoms with Gasteiger partial charge in [-0.15, -0.1) is 11.3 Å². The van der Waals surface area contributed by atoms with Crippen molar-refractivity contribution in [1.29, 1.82) is 0 Å². The van der Waals surface area contributed by atoms with Gasteiger partial charge in [-0.25, -0.2) is 14.6 Å². The lowest BCUT2D eigenvalue weighted by Crippen LogP contribution is -2.51. The SMILES string of the molecule is [C-]#[N+]c1sccc1C#Cc1cccc(CC(O)CCN2CCSC(=O)N2CCc2ccc(C(=O)O)s2)c1. The van der Waals surface area contributed by atoms with Crippen molar-refractivity contribution in [2.75, 3.05) is 25.4 Å². The van der Waals surface area contributed by atoms with E-state index in [0.717, 1.165) is 21.6 Å². The molecule has 0 bridgehead atoms. The zero-order valence-corrected chi connectivity index (χ0v) is 22.4. The number of hydrogen-bond donors (Lipinski definition) is 2. The average molecular weight is 552 g/mol. The van der Waals surface area contributed by atoms with Crippen molar-refractivity contribution < 1.29 is 19.8 Å². The Morgan fingerprint density at radius 1 is 1.19 bits per heavy atom. The summed E-state index contributed by atoms with van der Waals surface area (Å²) >= 11 is 3.89. The van der Waals surface area contributed by atoms with Crippen LogP contribution in [0, 0.1) is 18.4 Å². The van der Waals surface area contributed by atoms with E-state index in [0.29, 0.717) is 54.5 Å². The number of nitrogens with zero attached hydrogens (tertiary/aromatic N) is 3. The molecule has 1 aliphatic heterocycles. The molecular formula is C27H25N3O4S3. The molecule has 10 heteroatoms. The quantitative estimate of drug-likeness (QED) is 0.274. The number of carboxylic acids is 1. The van der Waals surface area contributed by atoms with Gasteiger partial charge in [0.15, 0.2) is 0 Å². The van der Waals surface area contributed by atoms with Crippen LogP contribution in [-0.2, 0) is 12.8 Å². The summed E-state index contributed by atoms with van der Waals surface area (Å²) in [5.41, 5.74) is 2.53. The molecule has 1 amide bonds. The highest BCUT2D eigenvalue weighted by Crippen LogP contribution is 2.25. The molecule has 1 aromatic carbocycles. The van der Waals surface area contributed by atoms with Crippen molar-refractivity contribution in [3.63, 3.8) is 0 Å². The average Bonchev–Trinajstić information content (AvgIpc) is 3.55. The summed E-state index contributed by atoms with van der Waals surface area (Å²) in [7, 11) is 0. The number of aliphatic hydroxyl groups is 1. The summed E-state index contributed by atoms with van der Waals surface area (Å²) in [5, 5.41) is 26.0. The number of carbonyl (C=O) groups excluding carboxylic acids is 1.